The predicted octanol–water partition coefficient (Wildman–Crippen LogP) is 0.736. The lowest BCUT2D eigenvalue weighted by molar-refractivity contribution is -0.138. The first-order valence-electron chi connectivity index (χ1n) is 6.95. The molecule has 3 atom stereocenters. The summed E-state index contributed by atoms with van der Waals surface area (Å²) in [5.74, 6) is 0.798. The maximum atomic E-state index is 12.3. The lowest BCUT2D eigenvalue weighted by Crippen LogP contribution is -2.51. The second kappa shape index (κ2) is 4.98. The second-order valence-electron chi connectivity index (χ2n) is 5.65. The topological polar surface area (TPSA) is 58.6 Å². The number of carbonyl (C=O) groups excluding carboxylic acids is 2. The van der Waals surface area contributed by atoms with E-state index < -0.39 is 0 Å². The van der Waals surface area contributed by atoms with Crippen molar-refractivity contribution in [3.05, 3.63) is 0 Å². The summed E-state index contributed by atoms with van der Waals surface area (Å²) in [6.07, 6.45) is 3.66. The van der Waals surface area contributed by atoms with Gasteiger partial charge in [0, 0.05) is 25.3 Å². The summed E-state index contributed by atoms with van der Waals surface area (Å²) in [5, 5.41) is 2.95. The van der Waals surface area contributed by atoms with Gasteiger partial charge in [-0.2, -0.15) is 0 Å². The van der Waals surface area contributed by atoms with Crippen molar-refractivity contribution in [3.63, 3.8) is 0 Å². The van der Waals surface area contributed by atoms with E-state index in [4.69, 9.17) is 4.74 Å². The Morgan fingerprint density at radius 1 is 1.63 bits per heavy atom. The minimum Gasteiger partial charge on any atom is -0.376 e. The number of nitrogens with one attached hydrogen (secondary N) is 1. The first-order chi connectivity index (χ1) is 9.10. The maximum absolute atomic E-state index is 12.3. The summed E-state index contributed by atoms with van der Waals surface area (Å²) in [7, 11) is 0. The molecule has 3 rings (SSSR count). The fraction of sp³-hybridized carbons (Fsp3) is 0.846. The standard InChI is InChI=1S/C13H20N2O3S/c1-13-5-4-11(16)15(13)10(8-19-13)12(17)14-7-9-3-2-6-18-9/h9-10H,2-8H2,1H3,(H,14,17)/t9-,10-,13+/m1/s1. The van der Waals surface area contributed by atoms with Crippen LogP contribution < -0.4 is 5.32 Å². The van der Waals surface area contributed by atoms with Crippen molar-refractivity contribution in [1.29, 1.82) is 0 Å². The van der Waals surface area contributed by atoms with Crippen LogP contribution in [0.15, 0.2) is 0 Å². The van der Waals surface area contributed by atoms with Gasteiger partial charge in [-0.05, 0) is 26.2 Å². The highest BCUT2D eigenvalue weighted by atomic mass is 32.2. The molecule has 0 aromatic carbocycles. The summed E-state index contributed by atoms with van der Waals surface area (Å²) >= 11 is 1.73. The van der Waals surface area contributed by atoms with Crippen molar-refractivity contribution in [2.24, 2.45) is 0 Å². The van der Waals surface area contributed by atoms with Gasteiger partial charge in [0.15, 0.2) is 0 Å². The third kappa shape index (κ3) is 2.36. The number of fused-ring (bicyclic) bond motifs is 1. The van der Waals surface area contributed by atoms with Gasteiger partial charge in [0.25, 0.3) is 0 Å². The van der Waals surface area contributed by atoms with Crippen molar-refractivity contribution in [2.75, 3.05) is 18.9 Å². The molecule has 6 heteroatoms. The summed E-state index contributed by atoms with van der Waals surface area (Å²) < 4.78 is 5.49. The monoisotopic (exact) mass is 284 g/mol. The van der Waals surface area contributed by atoms with Crippen molar-refractivity contribution in [2.45, 2.75) is 49.6 Å². The predicted molar refractivity (Wildman–Crippen MR) is 72.7 cm³/mol. The normalized spacial score (nSPS) is 37.7. The second-order valence-corrected chi connectivity index (χ2v) is 7.15. The minimum absolute atomic E-state index is 0.0259. The van der Waals surface area contributed by atoms with E-state index >= 15 is 0 Å². The van der Waals surface area contributed by atoms with Crippen LogP contribution in [0.2, 0.25) is 0 Å². The Kier molecular flexibility index (Phi) is 3.47. The molecule has 3 aliphatic rings. The van der Waals surface area contributed by atoms with E-state index in [1.165, 1.54) is 0 Å². The molecule has 0 aromatic heterocycles. The molecular formula is C13H20N2O3S. The van der Waals surface area contributed by atoms with Gasteiger partial charge >= 0.3 is 0 Å². The fourth-order valence-corrected chi connectivity index (χ4v) is 4.58. The Morgan fingerprint density at radius 3 is 3.21 bits per heavy atom. The molecule has 3 saturated heterocycles. The van der Waals surface area contributed by atoms with Crippen molar-refractivity contribution in [1.82, 2.24) is 10.2 Å². The molecule has 106 valence electrons. The molecule has 0 radical (unpaired) electrons. The number of ether oxygens (including phenoxy) is 1. The van der Waals surface area contributed by atoms with Crippen LogP contribution in [0.5, 0.6) is 0 Å². The quantitative estimate of drug-likeness (QED) is 0.830. The van der Waals surface area contributed by atoms with E-state index in [0.29, 0.717) is 18.7 Å². The first kappa shape index (κ1) is 13.2. The molecule has 0 aromatic rings. The number of carbonyl (C=O) groups is 2. The van der Waals surface area contributed by atoms with E-state index in [2.05, 4.69) is 12.2 Å². The molecule has 5 nitrogen and oxygen atoms in total. The van der Waals surface area contributed by atoms with Gasteiger partial charge in [0.05, 0.1) is 11.0 Å². The van der Waals surface area contributed by atoms with Gasteiger partial charge in [-0.15, -0.1) is 11.8 Å². The zero-order valence-electron chi connectivity index (χ0n) is 11.2. The molecule has 1 N–H and O–H groups in total. The summed E-state index contributed by atoms with van der Waals surface area (Å²) in [6, 6.07) is -0.300. The van der Waals surface area contributed by atoms with E-state index in [-0.39, 0.29) is 28.8 Å². The lowest BCUT2D eigenvalue weighted by atomic mass is 10.2. The van der Waals surface area contributed by atoms with Crippen LogP contribution in [0.4, 0.5) is 0 Å². The summed E-state index contributed by atoms with van der Waals surface area (Å²) in [6.45, 7) is 3.43. The van der Waals surface area contributed by atoms with Crippen LogP contribution in [-0.2, 0) is 14.3 Å². The molecule has 2 amide bonds. The molecule has 0 bridgehead atoms. The number of amides is 2. The highest BCUT2D eigenvalue weighted by molar-refractivity contribution is 8.01. The Morgan fingerprint density at radius 2 is 2.47 bits per heavy atom. The number of nitrogens with zero attached hydrogens (tertiary/aromatic N) is 1. The molecule has 0 aliphatic carbocycles. The van der Waals surface area contributed by atoms with Crippen LogP contribution in [0, 0.1) is 0 Å². The number of hydrogen-bond donors (Lipinski definition) is 1. The van der Waals surface area contributed by atoms with E-state index in [1.807, 2.05) is 0 Å². The van der Waals surface area contributed by atoms with Crippen LogP contribution in [0.3, 0.4) is 0 Å². The van der Waals surface area contributed by atoms with Gasteiger partial charge in [-0.25, -0.2) is 0 Å². The first-order valence-corrected chi connectivity index (χ1v) is 7.94. The number of hydrogen-bond acceptors (Lipinski definition) is 4. The van der Waals surface area contributed by atoms with Crippen LogP contribution in [-0.4, -0.2) is 52.6 Å². The lowest BCUT2D eigenvalue weighted by Gasteiger charge is -2.30. The molecule has 3 aliphatic heterocycles. The van der Waals surface area contributed by atoms with Gasteiger partial charge in [0.1, 0.15) is 6.04 Å². The minimum atomic E-state index is -0.300. The highest BCUT2D eigenvalue weighted by Gasteiger charge is 2.52. The van der Waals surface area contributed by atoms with E-state index in [0.717, 1.165) is 25.9 Å². The molecule has 0 unspecified atom stereocenters. The maximum Gasteiger partial charge on any atom is 0.243 e. The zero-order chi connectivity index (χ0) is 13.5. The van der Waals surface area contributed by atoms with Gasteiger partial charge < -0.3 is 15.0 Å². The van der Waals surface area contributed by atoms with Crippen molar-refractivity contribution in [3.8, 4) is 0 Å². The highest BCUT2D eigenvalue weighted by Crippen LogP contribution is 2.47. The Labute approximate surface area is 117 Å². The number of thioether (sulfide) groups is 1. The third-order valence-corrected chi connectivity index (χ3v) is 5.78. The molecular weight excluding hydrogens is 264 g/mol. The number of rotatable bonds is 3. The van der Waals surface area contributed by atoms with Crippen LogP contribution in [0.25, 0.3) is 0 Å². The largest absolute Gasteiger partial charge is 0.376 e. The SMILES string of the molecule is C[C@]12CCC(=O)N1[C@@H](C(=O)NC[C@H]1CCCO1)CS2. The third-order valence-electron chi connectivity index (χ3n) is 4.28. The summed E-state index contributed by atoms with van der Waals surface area (Å²) in [5.41, 5.74) is 0. The van der Waals surface area contributed by atoms with Crippen molar-refractivity contribution < 1.29 is 14.3 Å². The fourth-order valence-electron chi connectivity index (χ4n) is 3.15. The van der Waals surface area contributed by atoms with Crippen LogP contribution in [0.1, 0.15) is 32.6 Å². The molecule has 3 fully saturated rings. The van der Waals surface area contributed by atoms with Gasteiger partial charge in [-0.3, -0.25) is 9.59 Å². The average molecular weight is 284 g/mol. The Bertz CT molecular complexity index is 397. The molecule has 0 spiro atoms. The van der Waals surface area contributed by atoms with Crippen LogP contribution >= 0.6 is 11.8 Å². The Balaban J connectivity index is 1.59. The average Bonchev–Trinajstić information content (AvgIpc) is 3.06. The summed E-state index contributed by atoms with van der Waals surface area (Å²) in [4.78, 5) is 25.8. The molecule has 19 heavy (non-hydrogen) atoms. The van der Waals surface area contributed by atoms with E-state index in [1.54, 1.807) is 16.7 Å². The molecule has 0 saturated carbocycles. The zero-order valence-corrected chi connectivity index (χ0v) is 12.0. The molecule has 3 heterocycles. The Hall–Kier alpha value is -0.750. The smallest absolute Gasteiger partial charge is 0.243 e. The van der Waals surface area contributed by atoms with E-state index in [9.17, 15) is 9.59 Å². The van der Waals surface area contributed by atoms with Gasteiger partial charge in [-0.1, -0.05) is 0 Å². The van der Waals surface area contributed by atoms with Crippen molar-refractivity contribution >= 4 is 23.6 Å². The van der Waals surface area contributed by atoms with Gasteiger partial charge in [0.2, 0.25) is 11.8 Å².